The van der Waals surface area contributed by atoms with Gasteiger partial charge in [-0.3, -0.25) is 4.90 Å². The molecule has 0 spiro atoms. The van der Waals surface area contributed by atoms with Gasteiger partial charge >= 0.3 is 6.09 Å². The summed E-state index contributed by atoms with van der Waals surface area (Å²) in [5.41, 5.74) is 3.13. The van der Waals surface area contributed by atoms with Crippen molar-refractivity contribution in [3.05, 3.63) is 51.6 Å². The number of ether oxygens (including phenoxy) is 1. The number of hydrogen-bond acceptors (Lipinski definition) is 6. The highest BCUT2D eigenvalue weighted by Gasteiger charge is 2.25. The number of hydrogen-bond donors (Lipinski definition) is 0. The first kappa shape index (κ1) is 16.7. The van der Waals surface area contributed by atoms with Gasteiger partial charge in [-0.1, -0.05) is 24.3 Å². The SMILES string of the molecule is Cc1nc(-c2nc(CN3CCOC3=O)n(Cc3ccccc3C)n2)cs1. The lowest BCUT2D eigenvalue weighted by Gasteiger charge is -2.13. The molecule has 1 aliphatic heterocycles. The number of nitrogens with zero attached hydrogens (tertiary/aromatic N) is 5. The smallest absolute Gasteiger partial charge is 0.410 e. The van der Waals surface area contributed by atoms with E-state index in [-0.39, 0.29) is 6.09 Å². The summed E-state index contributed by atoms with van der Waals surface area (Å²) in [5, 5.41) is 7.60. The molecular weight excluding hydrogens is 350 g/mol. The second kappa shape index (κ2) is 6.87. The zero-order valence-corrected chi connectivity index (χ0v) is 15.5. The van der Waals surface area contributed by atoms with E-state index in [9.17, 15) is 4.79 Å². The first-order valence-electron chi connectivity index (χ1n) is 8.42. The quantitative estimate of drug-likeness (QED) is 0.691. The Labute approximate surface area is 155 Å². The Bertz CT molecular complexity index is 949. The lowest BCUT2D eigenvalue weighted by atomic mass is 10.1. The van der Waals surface area contributed by atoms with Crippen LogP contribution in [-0.2, 0) is 17.8 Å². The lowest BCUT2D eigenvalue weighted by Crippen LogP contribution is -2.26. The molecule has 0 radical (unpaired) electrons. The van der Waals surface area contributed by atoms with Crippen LogP contribution in [0.2, 0.25) is 0 Å². The molecule has 1 amide bonds. The highest BCUT2D eigenvalue weighted by Crippen LogP contribution is 2.21. The fourth-order valence-electron chi connectivity index (χ4n) is 2.88. The van der Waals surface area contributed by atoms with E-state index in [1.807, 2.05) is 29.1 Å². The van der Waals surface area contributed by atoms with E-state index in [2.05, 4.69) is 34.1 Å². The zero-order chi connectivity index (χ0) is 18.1. The Hall–Kier alpha value is -2.74. The van der Waals surface area contributed by atoms with Crippen LogP contribution in [0, 0.1) is 13.8 Å². The maximum absolute atomic E-state index is 11.8. The van der Waals surface area contributed by atoms with Crippen molar-refractivity contribution in [1.82, 2.24) is 24.6 Å². The van der Waals surface area contributed by atoms with Gasteiger partial charge in [-0.05, 0) is 25.0 Å². The normalized spacial score (nSPS) is 14.1. The van der Waals surface area contributed by atoms with Crippen LogP contribution < -0.4 is 0 Å². The molecule has 26 heavy (non-hydrogen) atoms. The molecule has 0 aliphatic carbocycles. The second-order valence-corrected chi connectivity index (χ2v) is 7.29. The van der Waals surface area contributed by atoms with E-state index in [0.29, 0.717) is 32.1 Å². The minimum absolute atomic E-state index is 0.304. The summed E-state index contributed by atoms with van der Waals surface area (Å²) in [6.07, 6.45) is -0.304. The average molecular weight is 369 g/mol. The Balaban J connectivity index is 1.68. The molecule has 3 heterocycles. The fourth-order valence-corrected chi connectivity index (χ4v) is 3.47. The van der Waals surface area contributed by atoms with Gasteiger partial charge in [0.05, 0.1) is 24.6 Å². The molecule has 0 atom stereocenters. The van der Waals surface area contributed by atoms with Crippen molar-refractivity contribution in [1.29, 1.82) is 0 Å². The minimum Gasteiger partial charge on any atom is -0.448 e. The summed E-state index contributed by atoms with van der Waals surface area (Å²) in [6.45, 7) is 6.00. The van der Waals surface area contributed by atoms with Crippen LogP contribution in [0.3, 0.4) is 0 Å². The third kappa shape index (κ3) is 3.32. The molecule has 0 saturated carbocycles. The Kier molecular flexibility index (Phi) is 4.42. The first-order chi connectivity index (χ1) is 12.6. The molecule has 7 nitrogen and oxygen atoms in total. The molecule has 1 saturated heterocycles. The van der Waals surface area contributed by atoms with Gasteiger partial charge in [-0.15, -0.1) is 16.4 Å². The average Bonchev–Trinajstić information content (AvgIpc) is 3.32. The van der Waals surface area contributed by atoms with Crippen LogP contribution in [0.5, 0.6) is 0 Å². The summed E-state index contributed by atoms with van der Waals surface area (Å²) in [4.78, 5) is 22.6. The second-order valence-electron chi connectivity index (χ2n) is 6.22. The largest absolute Gasteiger partial charge is 0.448 e. The summed E-state index contributed by atoms with van der Waals surface area (Å²) in [5.74, 6) is 1.32. The van der Waals surface area contributed by atoms with Crippen molar-refractivity contribution in [3.63, 3.8) is 0 Å². The van der Waals surface area contributed by atoms with Crippen LogP contribution >= 0.6 is 11.3 Å². The molecule has 134 valence electrons. The van der Waals surface area contributed by atoms with Crippen molar-refractivity contribution in [3.8, 4) is 11.5 Å². The molecule has 0 unspecified atom stereocenters. The van der Waals surface area contributed by atoms with Gasteiger partial charge in [0.2, 0.25) is 5.82 Å². The summed E-state index contributed by atoms with van der Waals surface area (Å²) >= 11 is 1.57. The maximum atomic E-state index is 11.8. The molecule has 1 aliphatic rings. The molecular formula is C18H19N5O2S. The van der Waals surface area contributed by atoms with E-state index >= 15 is 0 Å². The number of amides is 1. The Morgan fingerprint density at radius 1 is 1.19 bits per heavy atom. The predicted molar refractivity (Wildman–Crippen MR) is 97.9 cm³/mol. The van der Waals surface area contributed by atoms with Gasteiger partial charge in [0.15, 0.2) is 0 Å². The summed E-state index contributed by atoms with van der Waals surface area (Å²) in [7, 11) is 0. The summed E-state index contributed by atoms with van der Waals surface area (Å²) in [6, 6.07) is 8.19. The Morgan fingerprint density at radius 3 is 2.73 bits per heavy atom. The minimum atomic E-state index is -0.304. The van der Waals surface area contributed by atoms with Crippen molar-refractivity contribution >= 4 is 17.4 Å². The standard InChI is InChI=1S/C18H19N5O2S/c1-12-5-3-4-6-14(12)9-23-16(10-22-7-8-25-18(22)24)20-17(21-23)15-11-26-13(2)19-15/h3-6,11H,7-10H2,1-2H3. The molecule has 0 N–H and O–H groups in total. The van der Waals surface area contributed by atoms with E-state index in [4.69, 9.17) is 4.74 Å². The maximum Gasteiger partial charge on any atom is 0.410 e. The fraction of sp³-hybridized carbons (Fsp3) is 0.333. The highest BCUT2D eigenvalue weighted by atomic mass is 32.1. The van der Waals surface area contributed by atoms with Gasteiger partial charge in [0, 0.05) is 5.38 Å². The van der Waals surface area contributed by atoms with Crippen LogP contribution in [0.1, 0.15) is 22.0 Å². The van der Waals surface area contributed by atoms with Gasteiger partial charge in [0.25, 0.3) is 0 Å². The topological polar surface area (TPSA) is 73.1 Å². The molecule has 8 heteroatoms. The van der Waals surface area contributed by atoms with Gasteiger partial charge < -0.3 is 4.74 Å². The monoisotopic (exact) mass is 369 g/mol. The lowest BCUT2D eigenvalue weighted by molar-refractivity contribution is 0.156. The predicted octanol–water partition coefficient (Wildman–Crippen LogP) is 3.02. The summed E-state index contributed by atoms with van der Waals surface area (Å²) < 4.78 is 6.89. The number of carbonyl (C=O) groups is 1. The van der Waals surface area contributed by atoms with Crippen molar-refractivity contribution in [2.75, 3.05) is 13.2 Å². The number of cyclic esters (lactones) is 1. The van der Waals surface area contributed by atoms with Gasteiger partial charge in [0.1, 0.15) is 18.1 Å². The number of thiazole rings is 1. The zero-order valence-electron chi connectivity index (χ0n) is 14.7. The van der Waals surface area contributed by atoms with Crippen LogP contribution in [0.4, 0.5) is 4.79 Å². The van der Waals surface area contributed by atoms with E-state index < -0.39 is 0 Å². The number of benzene rings is 1. The Morgan fingerprint density at radius 2 is 2.04 bits per heavy atom. The number of aryl methyl sites for hydroxylation is 2. The third-order valence-electron chi connectivity index (χ3n) is 4.36. The van der Waals surface area contributed by atoms with Crippen molar-refractivity contribution in [2.45, 2.75) is 26.9 Å². The van der Waals surface area contributed by atoms with E-state index in [1.54, 1.807) is 16.2 Å². The molecule has 1 aromatic carbocycles. The number of aromatic nitrogens is 4. The van der Waals surface area contributed by atoms with Crippen LogP contribution in [-0.4, -0.2) is 43.9 Å². The van der Waals surface area contributed by atoms with Gasteiger partial charge in [-0.25, -0.2) is 19.4 Å². The van der Waals surface area contributed by atoms with Gasteiger partial charge in [-0.2, -0.15) is 0 Å². The van der Waals surface area contributed by atoms with Crippen molar-refractivity contribution in [2.24, 2.45) is 0 Å². The third-order valence-corrected chi connectivity index (χ3v) is 5.13. The molecule has 4 rings (SSSR count). The first-order valence-corrected chi connectivity index (χ1v) is 9.30. The number of carbonyl (C=O) groups excluding carboxylic acids is 1. The van der Waals surface area contributed by atoms with E-state index in [1.165, 1.54) is 11.1 Å². The van der Waals surface area contributed by atoms with Crippen LogP contribution in [0.25, 0.3) is 11.5 Å². The highest BCUT2D eigenvalue weighted by molar-refractivity contribution is 7.09. The van der Waals surface area contributed by atoms with Crippen molar-refractivity contribution < 1.29 is 9.53 Å². The van der Waals surface area contributed by atoms with E-state index in [0.717, 1.165) is 16.5 Å². The number of rotatable bonds is 5. The molecule has 3 aromatic rings. The molecule has 1 fully saturated rings. The van der Waals surface area contributed by atoms with Crippen LogP contribution in [0.15, 0.2) is 29.6 Å². The molecule has 0 bridgehead atoms. The molecule has 2 aromatic heterocycles.